The summed E-state index contributed by atoms with van der Waals surface area (Å²) in [6, 6.07) is 22.2. The molecule has 0 aliphatic carbocycles. The molecule has 4 rings (SSSR count). The highest BCUT2D eigenvalue weighted by Crippen LogP contribution is 2.40. The van der Waals surface area contributed by atoms with E-state index in [1.54, 1.807) is 42.5 Å². The molecular weight excluding hydrogens is 409 g/mol. The van der Waals surface area contributed by atoms with Gasteiger partial charge in [0, 0.05) is 15.5 Å². The summed E-state index contributed by atoms with van der Waals surface area (Å²) in [5.41, 5.74) is 1.19. The van der Waals surface area contributed by atoms with Crippen molar-refractivity contribution in [3.63, 3.8) is 0 Å². The Kier molecular flexibility index (Phi) is 5.51. The van der Waals surface area contributed by atoms with E-state index in [0.717, 1.165) is 9.80 Å². The van der Waals surface area contributed by atoms with Crippen LogP contribution in [0.5, 0.6) is 0 Å². The van der Waals surface area contributed by atoms with E-state index in [9.17, 15) is 14.0 Å². The molecule has 0 unspecified atom stereocenters. The number of thioether (sulfide) groups is 1. The Morgan fingerprint density at radius 1 is 0.828 bits per heavy atom. The Morgan fingerprint density at radius 2 is 1.48 bits per heavy atom. The summed E-state index contributed by atoms with van der Waals surface area (Å²) < 4.78 is 14.1. The van der Waals surface area contributed by atoms with Gasteiger partial charge < -0.3 is 0 Å². The van der Waals surface area contributed by atoms with Gasteiger partial charge in [-0.3, -0.25) is 14.5 Å². The summed E-state index contributed by atoms with van der Waals surface area (Å²) in [5, 5.41) is 0.534. The third-order valence-corrected chi connectivity index (χ3v) is 5.85. The van der Waals surface area contributed by atoms with Gasteiger partial charge in [0.05, 0.1) is 17.0 Å². The first kappa shape index (κ1) is 19.4. The van der Waals surface area contributed by atoms with Gasteiger partial charge in [-0.15, -0.1) is 0 Å². The van der Waals surface area contributed by atoms with Crippen molar-refractivity contribution in [3.05, 3.63) is 106 Å². The monoisotopic (exact) mass is 423 g/mol. The van der Waals surface area contributed by atoms with Crippen molar-refractivity contribution in [2.45, 2.75) is 11.4 Å². The van der Waals surface area contributed by atoms with E-state index in [4.69, 9.17) is 11.6 Å². The lowest BCUT2D eigenvalue weighted by Crippen LogP contribution is -2.31. The summed E-state index contributed by atoms with van der Waals surface area (Å²) in [5.74, 6) is -1.33. The first-order chi connectivity index (χ1) is 14.0. The third-order valence-electron chi connectivity index (χ3n) is 4.51. The van der Waals surface area contributed by atoms with Gasteiger partial charge in [0.1, 0.15) is 5.82 Å². The lowest BCUT2D eigenvalue weighted by molar-refractivity contribution is -0.137. The molecule has 0 spiro atoms. The summed E-state index contributed by atoms with van der Waals surface area (Å²) in [6.45, 7) is -0.125. The number of nitrogens with zero attached hydrogens (tertiary/aromatic N) is 1. The maximum atomic E-state index is 14.1. The zero-order chi connectivity index (χ0) is 20.4. The molecule has 3 nitrogen and oxygen atoms in total. The summed E-state index contributed by atoms with van der Waals surface area (Å²) >= 11 is 7.21. The average molecular weight is 424 g/mol. The Labute approximate surface area is 176 Å². The molecule has 2 amide bonds. The Hall–Kier alpha value is -2.89. The number of benzene rings is 3. The minimum absolute atomic E-state index is 0.125. The van der Waals surface area contributed by atoms with Gasteiger partial charge in [-0.25, -0.2) is 4.39 Å². The van der Waals surface area contributed by atoms with Crippen LogP contribution < -0.4 is 0 Å². The molecule has 6 heteroatoms. The number of halogens is 2. The van der Waals surface area contributed by atoms with Crippen LogP contribution in [0.15, 0.2) is 88.7 Å². The van der Waals surface area contributed by atoms with E-state index >= 15 is 0 Å². The van der Waals surface area contributed by atoms with E-state index < -0.39 is 17.6 Å². The largest absolute Gasteiger partial charge is 0.269 e. The molecule has 0 N–H and O–H groups in total. The molecule has 0 saturated heterocycles. The number of amides is 2. The van der Waals surface area contributed by atoms with Crippen molar-refractivity contribution in [2.75, 3.05) is 0 Å². The van der Waals surface area contributed by atoms with E-state index in [2.05, 4.69) is 0 Å². The number of carbonyl (C=O) groups excluding carboxylic acids is 2. The number of hydrogen-bond acceptors (Lipinski definition) is 3. The zero-order valence-corrected chi connectivity index (χ0v) is 16.7. The zero-order valence-electron chi connectivity index (χ0n) is 15.1. The van der Waals surface area contributed by atoms with E-state index in [-0.39, 0.29) is 12.1 Å². The topological polar surface area (TPSA) is 37.4 Å². The van der Waals surface area contributed by atoms with Crippen LogP contribution >= 0.6 is 23.4 Å². The normalized spacial score (nSPS) is 14.1. The number of hydrogen-bond donors (Lipinski definition) is 0. The molecule has 29 heavy (non-hydrogen) atoms. The summed E-state index contributed by atoms with van der Waals surface area (Å²) in [7, 11) is 0. The predicted octanol–water partition coefficient (Wildman–Crippen LogP) is 5.55. The fourth-order valence-corrected chi connectivity index (χ4v) is 4.23. The molecular formula is C23H15ClFNO2S. The fraction of sp³-hybridized carbons (Fsp3) is 0.0435. The van der Waals surface area contributed by atoms with Gasteiger partial charge in [0.25, 0.3) is 11.8 Å². The second-order valence-electron chi connectivity index (χ2n) is 6.41. The van der Waals surface area contributed by atoms with E-state index in [1.165, 1.54) is 17.8 Å². The van der Waals surface area contributed by atoms with Gasteiger partial charge in [0.15, 0.2) is 0 Å². The maximum absolute atomic E-state index is 14.1. The fourth-order valence-electron chi connectivity index (χ4n) is 3.07. The van der Waals surface area contributed by atoms with Crippen molar-refractivity contribution in [1.29, 1.82) is 0 Å². The van der Waals surface area contributed by atoms with Crippen molar-refractivity contribution in [3.8, 4) is 0 Å². The third kappa shape index (κ3) is 3.97. The summed E-state index contributed by atoms with van der Waals surface area (Å²) in [6.07, 6.45) is 0. The minimum Gasteiger partial charge on any atom is -0.269 e. The molecule has 1 aliphatic rings. The lowest BCUT2D eigenvalue weighted by atomic mass is 10.1. The van der Waals surface area contributed by atoms with Crippen molar-refractivity contribution >= 4 is 40.8 Å². The van der Waals surface area contributed by atoms with Crippen molar-refractivity contribution in [1.82, 2.24) is 4.90 Å². The van der Waals surface area contributed by atoms with Gasteiger partial charge in [-0.1, -0.05) is 71.9 Å². The number of imide groups is 1. The molecule has 0 fully saturated rings. The van der Waals surface area contributed by atoms with Crippen molar-refractivity contribution in [2.24, 2.45) is 0 Å². The highest BCUT2D eigenvalue weighted by atomic mass is 35.5. The Balaban J connectivity index is 1.75. The SMILES string of the molecule is O=C1C(Sc2ccccc2)=C(c2ccc(Cl)cc2)C(=O)N1Cc1ccccc1F. The number of rotatable bonds is 5. The highest BCUT2D eigenvalue weighted by Gasteiger charge is 2.39. The van der Waals surface area contributed by atoms with Crippen LogP contribution in [0.1, 0.15) is 11.1 Å². The average Bonchev–Trinajstić information content (AvgIpc) is 2.95. The second-order valence-corrected chi connectivity index (χ2v) is 7.93. The summed E-state index contributed by atoms with van der Waals surface area (Å²) in [4.78, 5) is 28.6. The Bertz CT molecular complexity index is 1110. The van der Waals surface area contributed by atoms with Crippen LogP contribution in [-0.4, -0.2) is 16.7 Å². The Morgan fingerprint density at radius 3 is 2.17 bits per heavy atom. The molecule has 0 radical (unpaired) electrons. The molecule has 144 valence electrons. The van der Waals surface area contributed by atoms with Gasteiger partial charge >= 0.3 is 0 Å². The van der Waals surface area contributed by atoms with Crippen LogP contribution in [0.25, 0.3) is 5.57 Å². The molecule has 0 aromatic heterocycles. The molecule has 0 atom stereocenters. The van der Waals surface area contributed by atoms with Crippen LogP contribution in [0.4, 0.5) is 4.39 Å². The maximum Gasteiger partial charge on any atom is 0.268 e. The van der Waals surface area contributed by atoms with Crippen molar-refractivity contribution < 1.29 is 14.0 Å². The molecule has 1 aliphatic heterocycles. The molecule has 0 bridgehead atoms. The van der Waals surface area contributed by atoms with E-state index in [1.807, 2.05) is 30.3 Å². The predicted molar refractivity (Wildman–Crippen MR) is 113 cm³/mol. The van der Waals surface area contributed by atoms with Gasteiger partial charge in [-0.05, 0) is 35.9 Å². The molecule has 3 aromatic carbocycles. The van der Waals surface area contributed by atoms with Crippen LogP contribution in [0.3, 0.4) is 0 Å². The quantitative estimate of drug-likeness (QED) is 0.505. The molecule has 0 saturated carbocycles. The molecule has 1 heterocycles. The first-order valence-electron chi connectivity index (χ1n) is 8.87. The van der Waals surface area contributed by atoms with Crippen LogP contribution in [0, 0.1) is 5.82 Å². The highest BCUT2D eigenvalue weighted by molar-refractivity contribution is 8.04. The minimum atomic E-state index is -0.453. The van der Waals surface area contributed by atoms with Gasteiger partial charge in [0.2, 0.25) is 0 Å². The van der Waals surface area contributed by atoms with Gasteiger partial charge in [-0.2, -0.15) is 0 Å². The van der Waals surface area contributed by atoms with Crippen LogP contribution in [-0.2, 0) is 16.1 Å². The standard InChI is InChI=1S/C23H15ClFNO2S/c24-17-12-10-15(11-13-17)20-21(29-18-7-2-1-3-8-18)23(28)26(22(20)27)14-16-6-4-5-9-19(16)25/h1-13H,14H2. The second kappa shape index (κ2) is 8.23. The first-order valence-corrected chi connectivity index (χ1v) is 10.1. The molecule has 3 aromatic rings. The van der Waals surface area contributed by atoms with E-state index in [0.29, 0.717) is 21.1 Å². The van der Waals surface area contributed by atoms with Crippen LogP contribution in [0.2, 0.25) is 5.02 Å². The lowest BCUT2D eigenvalue weighted by Gasteiger charge is -2.15. The smallest absolute Gasteiger partial charge is 0.268 e. The number of carbonyl (C=O) groups is 2.